The van der Waals surface area contributed by atoms with Crippen molar-refractivity contribution in [3.8, 4) is 5.88 Å². The third-order valence-corrected chi connectivity index (χ3v) is 6.71. The Balaban J connectivity index is 1.50. The topological polar surface area (TPSA) is 159 Å². The number of nitrogens with zero attached hydrogens (tertiary/aromatic N) is 1. The molecule has 1 amide bonds. The lowest BCUT2D eigenvalue weighted by atomic mass is 9.83. The van der Waals surface area contributed by atoms with Gasteiger partial charge < -0.3 is 30.5 Å². The van der Waals surface area contributed by atoms with Crippen LogP contribution in [0.3, 0.4) is 0 Å². The number of aliphatic hydroxyl groups excluding tert-OH is 1. The number of imidazole rings is 1. The maximum atomic E-state index is 12.2. The molecule has 6 N–H and O–H groups in total. The third-order valence-electron chi connectivity index (χ3n) is 5.37. The van der Waals surface area contributed by atoms with E-state index in [4.69, 9.17) is 0 Å². The summed E-state index contributed by atoms with van der Waals surface area (Å²) in [5.74, 6) is -2.26. The summed E-state index contributed by atoms with van der Waals surface area (Å²) < 4.78 is 0. The largest absolute Gasteiger partial charge is 0.493 e. The number of aliphatic carboxylic acids is 1. The van der Waals surface area contributed by atoms with Crippen LogP contribution in [0.2, 0.25) is 0 Å². The van der Waals surface area contributed by atoms with E-state index in [1.807, 2.05) is 0 Å². The number of aromatic hydroxyl groups is 1. The van der Waals surface area contributed by atoms with E-state index in [9.17, 15) is 29.7 Å². The van der Waals surface area contributed by atoms with Gasteiger partial charge in [-0.15, -0.1) is 11.8 Å². The zero-order valence-electron chi connectivity index (χ0n) is 14.4. The summed E-state index contributed by atoms with van der Waals surface area (Å²) in [7, 11) is 0. The number of rotatable bonds is 5. The van der Waals surface area contributed by atoms with Crippen molar-refractivity contribution in [2.24, 2.45) is 5.92 Å². The predicted octanol–water partition coefficient (Wildman–Crippen LogP) is -0.548. The standard InChI is InChI=1S/C16H20N4O6S/c1-5(21)10-8-3-9(12(15(24)25)20(8)14(10)23)27-6-2-7(17-4-6)11-13(22)19-16(26)18-11/h5-8,10,17,21-22H,2-4H2,1H3,(H,24,25)(H2,18,19,26)/t5-,6+,7+,8-,10-/m1/s1. The molecule has 5 atom stereocenters. The van der Waals surface area contributed by atoms with Crippen molar-refractivity contribution in [1.82, 2.24) is 20.2 Å². The number of carboxylic acid groups (broad SMARTS) is 1. The molecular weight excluding hydrogens is 376 g/mol. The lowest BCUT2D eigenvalue weighted by Gasteiger charge is -2.44. The van der Waals surface area contributed by atoms with Crippen LogP contribution in [0, 0.1) is 5.92 Å². The van der Waals surface area contributed by atoms with Crippen molar-refractivity contribution < 1.29 is 24.9 Å². The summed E-state index contributed by atoms with van der Waals surface area (Å²) in [6.07, 6.45) is 0.186. The molecule has 146 valence electrons. The Bertz CT molecular complexity index is 890. The number of carbonyl (C=O) groups is 2. The molecule has 1 aromatic heterocycles. The Hall–Kier alpha value is -2.24. The van der Waals surface area contributed by atoms with Crippen LogP contribution in [-0.2, 0) is 9.59 Å². The van der Waals surface area contributed by atoms with Crippen LogP contribution in [0.25, 0.3) is 0 Å². The summed E-state index contributed by atoms with van der Waals surface area (Å²) in [6, 6.07) is -0.554. The highest BCUT2D eigenvalue weighted by atomic mass is 32.2. The van der Waals surface area contributed by atoms with Gasteiger partial charge >= 0.3 is 11.7 Å². The Morgan fingerprint density at radius 1 is 1.33 bits per heavy atom. The Morgan fingerprint density at radius 3 is 2.67 bits per heavy atom. The van der Waals surface area contributed by atoms with Gasteiger partial charge in [0.2, 0.25) is 11.8 Å². The second-order valence-electron chi connectivity index (χ2n) is 7.10. The molecule has 10 nitrogen and oxygen atoms in total. The molecule has 4 heterocycles. The molecular formula is C16H20N4O6S. The van der Waals surface area contributed by atoms with Gasteiger partial charge in [-0.1, -0.05) is 0 Å². The van der Waals surface area contributed by atoms with E-state index >= 15 is 0 Å². The molecule has 0 saturated carbocycles. The van der Waals surface area contributed by atoms with Crippen molar-refractivity contribution >= 4 is 23.6 Å². The normalized spacial score (nSPS) is 31.2. The van der Waals surface area contributed by atoms with E-state index in [1.54, 1.807) is 6.92 Å². The van der Waals surface area contributed by atoms with E-state index < -0.39 is 23.7 Å². The molecule has 0 spiro atoms. The first-order valence-electron chi connectivity index (χ1n) is 8.66. The Labute approximate surface area is 157 Å². The number of nitrogens with one attached hydrogen (secondary N) is 3. The number of hydrogen-bond donors (Lipinski definition) is 6. The number of hydrogen-bond acceptors (Lipinski definition) is 7. The monoisotopic (exact) mass is 396 g/mol. The van der Waals surface area contributed by atoms with Gasteiger partial charge in [0.05, 0.1) is 29.8 Å². The lowest BCUT2D eigenvalue weighted by molar-refractivity contribution is -0.161. The van der Waals surface area contributed by atoms with E-state index in [-0.39, 0.29) is 34.8 Å². The van der Waals surface area contributed by atoms with Crippen LogP contribution >= 0.6 is 11.8 Å². The molecule has 3 aliphatic rings. The Kier molecular flexibility index (Phi) is 4.32. The molecule has 4 rings (SSSR count). The number of H-pyrrole nitrogens is 2. The van der Waals surface area contributed by atoms with E-state index in [1.165, 1.54) is 16.7 Å². The zero-order valence-corrected chi connectivity index (χ0v) is 15.2. The minimum absolute atomic E-state index is 0.00764. The number of aromatic amines is 2. The van der Waals surface area contributed by atoms with Gasteiger partial charge in [0.15, 0.2) is 0 Å². The quantitative estimate of drug-likeness (QED) is 0.362. The predicted molar refractivity (Wildman–Crippen MR) is 94.9 cm³/mol. The van der Waals surface area contributed by atoms with E-state index in [0.29, 0.717) is 30.0 Å². The van der Waals surface area contributed by atoms with Gasteiger partial charge in [0, 0.05) is 23.1 Å². The fraction of sp³-hybridized carbons (Fsp3) is 0.562. The Morgan fingerprint density at radius 2 is 2.07 bits per heavy atom. The highest BCUT2D eigenvalue weighted by molar-refractivity contribution is 8.03. The van der Waals surface area contributed by atoms with Gasteiger partial charge in [0.1, 0.15) is 5.70 Å². The van der Waals surface area contributed by atoms with Crippen LogP contribution < -0.4 is 11.0 Å². The molecule has 0 radical (unpaired) electrons. The summed E-state index contributed by atoms with van der Waals surface area (Å²) in [5, 5.41) is 32.4. The van der Waals surface area contributed by atoms with Crippen molar-refractivity contribution in [3.05, 3.63) is 26.8 Å². The first-order chi connectivity index (χ1) is 12.8. The summed E-state index contributed by atoms with van der Waals surface area (Å²) in [6.45, 7) is 2.11. The average molecular weight is 396 g/mol. The molecule has 2 saturated heterocycles. The van der Waals surface area contributed by atoms with Gasteiger partial charge in [-0.25, -0.2) is 9.59 Å². The molecule has 0 aromatic carbocycles. The molecule has 2 fully saturated rings. The fourth-order valence-electron chi connectivity index (χ4n) is 4.19. The van der Waals surface area contributed by atoms with Gasteiger partial charge in [-0.05, 0) is 13.3 Å². The van der Waals surface area contributed by atoms with Crippen LogP contribution in [0.5, 0.6) is 5.88 Å². The first kappa shape index (κ1) is 18.1. The highest BCUT2D eigenvalue weighted by Gasteiger charge is 2.57. The number of aromatic nitrogens is 2. The van der Waals surface area contributed by atoms with Gasteiger partial charge in [0.25, 0.3) is 0 Å². The van der Waals surface area contributed by atoms with Crippen molar-refractivity contribution in [3.63, 3.8) is 0 Å². The maximum Gasteiger partial charge on any atom is 0.353 e. The summed E-state index contributed by atoms with van der Waals surface area (Å²) in [5.41, 5.74) is -0.0949. The highest BCUT2D eigenvalue weighted by Crippen LogP contribution is 2.49. The van der Waals surface area contributed by atoms with E-state index in [2.05, 4.69) is 15.3 Å². The van der Waals surface area contributed by atoms with Crippen LogP contribution in [0.4, 0.5) is 0 Å². The molecule has 0 aliphatic carbocycles. The summed E-state index contributed by atoms with van der Waals surface area (Å²) in [4.78, 5) is 42.0. The second-order valence-corrected chi connectivity index (χ2v) is 8.50. The minimum atomic E-state index is -1.15. The van der Waals surface area contributed by atoms with Gasteiger partial charge in [-0.3, -0.25) is 9.78 Å². The van der Waals surface area contributed by atoms with Crippen LogP contribution in [-0.4, -0.2) is 66.0 Å². The number of thioether (sulfide) groups is 1. The molecule has 1 aromatic rings. The molecule has 3 aliphatic heterocycles. The van der Waals surface area contributed by atoms with E-state index in [0.717, 1.165) is 0 Å². The number of carboxylic acids is 1. The number of aliphatic hydroxyl groups is 1. The number of carbonyl (C=O) groups excluding carboxylic acids is 1. The fourth-order valence-corrected chi connectivity index (χ4v) is 5.63. The molecule has 27 heavy (non-hydrogen) atoms. The third kappa shape index (κ3) is 2.86. The minimum Gasteiger partial charge on any atom is -0.493 e. The van der Waals surface area contributed by atoms with Crippen molar-refractivity contribution in [2.75, 3.05) is 6.54 Å². The van der Waals surface area contributed by atoms with Crippen LogP contribution in [0.1, 0.15) is 31.5 Å². The lowest BCUT2D eigenvalue weighted by Crippen LogP contribution is -2.61. The van der Waals surface area contributed by atoms with Crippen molar-refractivity contribution in [2.45, 2.75) is 43.2 Å². The molecule has 11 heteroatoms. The number of fused-ring (bicyclic) bond motifs is 1. The van der Waals surface area contributed by atoms with Crippen LogP contribution in [0.15, 0.2) is 15.4 Å². The maximum absolute atomic E-state index is 12.2. The van der Waals surface area contributed by atoms with Crippen molar-refractivity contribution in [1.29, 1.82) is 0 Å². The zero-order chi connectivity index (χ0) is 19.5. The van der Waals surface area contributed by atoms with Gasteiger partial charge in [-0.2, -0.15) is 0 Å². The SMILES string of the molecule is C[C@@H](O)[C@H]1C(=O)N2C(C(=O)O)=C(S[C@@H]3CN[C@H](c4[nH]c(=O)[nH]c4O)C3)C[C@H]12. The molecule has 0 bridgehead atoms. The number of amides is 1. The number of β-lactam (4-membered cyclic amide) rings is 1. The summed E-state index contributed by atoms with van der Waals surface area (Å²) >= 11 is 1.40. The average Bonchev–Trinajstić information content (AvgIpc) is 3.23. The first-order valence-corrected chi connectivity index (χ1v) is 9.54. The smallest absolute Gasteiger partial charge is 0.353 e. The molecule has 0 unspecified atom stereocenters. The second kappa shape index (κ2) is 6.43.